The molecule has 7 nitrogen and oxygen atoms in total. The average molecular weight is 293 g/mol. The van der Waals surface area contributed by atoms with Crippen LogP contribution in [0.4, 0.5) is 0 Å². The molecule has 3 N–H and O–H groups in total. The van der Waals surface area contributed by atoms with Gasteiger partial charge in [0.2, 0.25) is 11.8 Å². The minimum atomic E-state index is -0.0284. The highest BCUT2D eigenvalue weighted by molar-refractivity contribution is 5.80. The Labute approximate surface area is 124 Å². The number of carbonyl (C=O) groups excluding carboxylic acids is 2. The summed E-state index contributed by atoms with van der Waals surface area (Å²) < 4.78 is 0. The summed E-state index contributed by atoms with van der Waals surface area (Å²) in [5, 5.41) is 12.2. The van der Waals surface area contributed by atoms with Crippen molar-refractivity contribution in [1.82, 2.24) is 25.8 Å². The van der Waals surface area contributed by atoms with Gasteiger partial charge >= 0.3 is 0 Å². The van der Waals surface area contributed by atoms with E-state index in [9.17, 15) is 9.59 Å². The predicted molar refractivity (Wildman–Crippen MR) is 77.3 cm³/mol. The quantitative estimate of drug-likeness (QED) is 0.609. The number of aromatic nitrogens is 3. The van der Waals surface area contributed by atoms with E-state index in [0.717, 1.165) is 44.3 Å². The lowest BCUT2D eigenvalue weighted by atomic mass is 10.1. The molecule has 0 bridgehead atoms. The van der Waals surface area contributed by atoms with E-state index < -0.39 is 0 Å². The maximum Gasteiger partial charge on any atom is 0.223 e. The number of nitrogens with one attached hydrogen (secondary N) is 3. The Kier molecular flexibility index (Phi) is 6.18. The fourth-order valence-electron chi connectivity index (χ4n) is 2.55. The first-order valence-electron chi connectivity index (χ1n) is 7.64. The van der Waals surface area contributed by atoms with E-state index in [-0.39, 0.29) is 17.7 Å². The van der Waals surface area contributed by atoms with E-state index in [0.29, 0.717) is 19.5 Å². The maximum absolute atomic E-state index is 11.8. The van der Waals surface area contributed by atoms with Gasteiger partial charge in [-0.1, -0.05) is 12.8 Å². The van der Waals surface area contributed by atoms with Crippen molar-refractivity contribution < 1.29 is 9.59 Å². The number of amides is 2. The third-order valence-corrected chi connectivity index (χ3v) is 3.75. The number of nitrogens with zero attached hydrogens (tertiary/aromatic N) is 2. The molecule has 1 aromatic heterocycles. The Balaban J connectivity index is 1.48. The fraction of sp³-hybridized carbons (Fsp3) is 0.714. The van der Waals surface area contributed by atoms with Crippen molar-refractivity contribution in [2.75, 3.05) is 13.1 Å². The zero-order valence-electron chi connectivity index (χ0n) is 12.2. The van der Waals surface area contributed by atoms with Crippen LogP contribution in [0.3, 0.4) is 0 Å². The second-order valence-electron chi connectivity index (χ2n) is 5.41. The average Bonchev–Trinajstić information content (AvgIpc) is 3.16. The summed E-state index contributed by atoms with van der Waals surface area (Å²) >= 11 is 0. The summed E-state index contributed by atoms with van der Waals surface area (Å²) in [5.74, 6) is 1.06. The zero-order valence-corrected chi connectivity index (χ0v) is 12.2. The van der Waals surface area contributed by atoms with E-state index >= 15 is 0 Å². The van der Waals surface area contributed by atoms with Crippen LogP contribution in [0.25, 0.3) is 0 Å². The molecule has 0 spiro atoms. The minimum absolute atomic E-state index is 0.0284. The summed E-state index contributed by atoms with van der Waals surface area (Å²) in [4.78, 5) is 27.4. The Morgan fingerprint density at radius 3 is 2.76 bits per heavy atom. The largest absolute Gasteiger partial charge is 0.356 e. The van der Waals surface area contributed by atoms with Gasteiger partial charge in [0.05, 0.1) is 0 Å². The van der Waals surface area contributed by atoms with Gasteiger partial charge in [-0.3, -0.25) is 14.7 Å². The van der Waals surface area contributed by atoms with Crippen molar-refractivity contribution in [2.24, 2.45) is 5.92 Å². The summed E-state index contributed by atoms with van der Waals surface area (Å²) in [7, 11) is 0. The Morgan fingerprint density at radius 1 is 1.24 bits per heavy atom. The monoisotopic (exact) mass is 293 g/mol. The van der Waals surface area contributed by atoms with Crippen LogP contribution in [0.15, 0.2) is 6.33 Å². The molecule has 7 heteroatoms. The van der Waals surface area contributed by atoms with Crippen molar-refractivity contribution in [3.05, 3.63) is 12.2 Å². The van der Waals surface area contributed by atoms with Gasteiger partial charge in [-0.15, -0.1) is 0 Å². The molecule has 1 aliphatic rings. The highest BCUT2D eigenvalue weighted by Crippen LogP contribution is 2.24. The van der Waals surface area contributed by atoms with E-state index in [4.69, 9.17) is 0 Å². The van der Waals surface area contributed by atoms with Crippen LogP contribution in [-0.4, -0.2) is 40.1 Å². The van der Waals surface area contributed by atoms with E-state index in [2.05, 4.69) is 25.8 Å². The Morgan fingerprint density at radius 2 is 2.05 bits per heavy atom. The molecule has 0 aliphatic heterocycles. The molecular formula is C14H23N5O2. The number of rotatable bonds is 8. The van der Waals surface area contributed by atoms with Crippen molar-refractivity contribution >= 4 is 11.8 Å². The lowest BCUT2D eigenvalue weighted by Crippen LogP contribution is -2.34. The van der Waals surface area contributed by atoms with Crippen LogP contribution in [0.2, 0.25) is 0 Å². The van der Waals surface area contributed by atoms with Gasteiger partial charge in [-0.05, 0) is 19.3 Å². The first kappa shape index (κ1) is 15.5. The van der Waals surface area contributed by atoms with E-state index in [1.54, 1.807) is 0 Å². The van der Waals surface area contributed by atoms with Crippen LogP contribution < -0.4 is 10.6 Å². The van der Waals surface area contributed by atoms with Gasteiger partial charge < -0.3 is 10.6 Å². The molecule has 1 saturated carbocycles. The molecular weight excluding hydrogens is 270 g/mol. The number of aryl methyl sites for hydroxylation is 1. The molecule has 0 unspecified atom stereocenters. The van der Waals surface area contributed by atoms with Gasteiger partial charge in [-0.2, -0.15) is 5.10 Å². The number of hydrogen-bond donors (Lipinski definition) is 3. The molecule has 116 valence electrons. The molecule has 1 aliphatic carbocycles. The molecule has 1 fully saturated rings. The highest BCUT2D eigenvalue weighted by Gasteiger charge is 2.22. The number of H-pyrrole nitrogens is 1. The highest BCUT2D eigenvalue weighted by atomic mass is 16.2. The standard InChI is InChI=1S/C14H23N5O2/c20-13(15-8-3-6-12-17-10-18-19-12)7-9-16-14(21)11-4-1-2-5-11/h10-11H,1-9H2,(H,15,20)(H,16,21)(H,17,18,19). The summed E-state index contributed by atoms with van der Waals surface area (Å²) in [5.41, 5.74) is 0. The fourth-order valence-corrected chi connectivity index (χ4v) is 2.55. The van der Waals surface area contributed by atoms with Crippen molar-refractivity contribution in [1.29, 1.82) is 0 Å². The Bertz CT molecular complexity index is 440. The smallest absolute Gasteiger partial charge is 0.223 e. The first-order chi connectivity index (χ1) is 10.3. The van der Waals surface area contributed by atoms with E-state index in [1.165, 1.54) is 6.33 Å². The molecule has 2 amide bonds. The Hall–Kier alpha value is -1.92. The minimum Gasteiger partial charge on any atom is -0.356 e. The van der Waals surface area contributed by atoms with Crippen molar-refractivity contribution in [2.45, 2.75) is 44.9 Å². The lowest BCUT2D eigenvalue weighted by Gasteiger charge is -2.10. The van der Waals surface area contributed by atoms with Crippen LogP contribution in [0.5, 0.6) is 0 Å². The molecule has 21 heavy (non-hydrogen) atoms. The molecule has 1 heterocycles. The van der Waals surface area contributed by atoms with E-state index in [1.807, 2.05) is 0 Å². The molecule has 2 rings (SSSR count). The number of aromatic amines is 1. The second kappa shape index (κ2) is 8.39. The van der Waals surface area contributed by atoms with Crippen molar-refractivity contribution in [3.8, 4) is 0 Å². The third kappa shape index (κ3) is 5.53. The molecule has 0 saturated heterocycles. The summed E-state index contributed by atoms with van der Waals surface area (Å²) in [6.07, 6.45) is 7.64. The maximum atomic E-state index is 11.8. The van der Waals surface area contributed by atoms with Gasteiger partial charge in [0.1, 0.15) is 12.2 Å². The first-order valence-corrected chi connectivity index (χ1v) is 7.64. The van der Waals surface area contributed by atoms with Gasteiger partial charge in [0.15, 0.2) is 0 Å². The van der Waals surface area contributed by atoms with Gasteiger partial charge in [0.25, 0.3) is 0 Å². The lowest BCUT2D eigenvalue weighted by molar-refractivity contribution is -0.125. The zero-order chi connectivity index (χ0) is 14.9. The normalized spacial score (nSPS) is 15.0. The molecule has 1 aromatic rings. The predicted octanol–water partition coefficient (Wildman–Crippen LogP) is 0.550. The summed E-state index contributed by atoms with van der Waals surface area (Å²) in [6.45, 7) is 1.03. The molecule has 0 aromatic carbocycles. The van der Waals surface area contributed by atoms with Crippen LogP contribution in [0, 0.1) is 5.92 Å². The van der Waals surface area contributed by atoms with Gasteiger partial charge in [0, 0.05) is 31.8 Å². The number of carbonyl (C=O) groups is 2. The van der Waals surface area contributed by atoms with Crippen LogP contribution >= 0.6 is 0 Å². The van der Waals surface area contributed by atoms with Gasteiger partial charge in [-0.25, -0.2) is 4.98 Å². The van der Waals surface area contributed by atoms with Crippen LogP contribution in [-0.2, 0) is 16.0 Å². The molecule has 0 atom stereocenters. The van der Waals surface area contributed by atoms with Crippen LogP contribution in [0.1, 0.15) is 44.3 Å². The number of hydrogen-bond acceptors (Lipinski definition) is 4. The summed E-state index contributed by atoms with van der Waals surface area (Å²) in [6, 6.07) is 0. The molecule has 0 radical (unpaired) electrons. The third-order valence-electron chi connectivity index (χ3n) is 3.75. The SMILES string of the molecule is O=C(CCNC(=O)C1CCCC1)NCCCc1ncn[nH]1. The topological polar surface area (TPSA) is 99.8 Å². The van der Waals surface area contributed by atoms with Crippen molar-refractivity contribution in [3.63, 3.8) is 0 Å². The second-order valence-corrected chi connectivity index (χ2v) is 5.41.